The Morgan fingerprint density at radius 2 is 0.624 bits per heavy atom. The van der Waals surface area contributed by atoms with E-state index >= 15 is 0 Å². The predicted molar refractivity (Wildman–Crippen MR) is 409 cm³/mol. The number of allylic oxidation sites excluding steroid dienone is 4. The molecule has 0 aliphatic rings. The molecule has 0 aliphatic carbocycles. The largest absolute Gasteiger partial charge is 0.756 e. The fraction of sp³-hybridized carbons (Fsp3) is 0.940. The molecule has 0 saturated heterocycles. The maximum absolute atomic E-state index is 13.1. The van der Waals surface area contributed by atoms with Crippen LogP contribution in [0.4, 0.5) is 0 Å². The van der Waals surface area contributed by atoms with Crippen LogP contribution in [-0.4, -0.2) is 68.5 Å². The van der Waals surface area contributed by atoms with Gasteiger partial charge in [-0.2, -0.15) is 0 Å². The number of aliphatic hydroxyl groups is 1. The molecule has 0 heterocycles. The molecule has 554 valence electrons. The van der Waals surface area contributed by atoms with E-state index in [2.05, 4.69) is 43.5 Å². The van der Waals surface area contributed by atoms with Crippen LogP contribution in [0.3, 0.4) is 0 Å². The number of unbranched alkanes of at least 4 members (excludes halogenated alkanes) is 63. The van der Waals surface area contributed by atoms with Crippen LogP contribution < -0.4 is 10.2 Å². The molecule has 0 rings (SSSR count). The summed E-state index contributed by atoms with van der Waals surface area (Å²) in [6.45, 7) is 4.79. The minimum atomic E-state index is -4.58. The molecule has 8 nitrogen and oxygen atoms in total. The standard InChI is InChI=1S/C84H167N2O6P/c1-6-8-10-12-14-16-18-20-22-24-26-28-30-32-34-36-38-39-40-41-42-43-44-45-46-47-48-50-52-54-56-58-60-62-64-66-68-70-72-74-76-78-84(88)85-82(81-92-93(89,90)91-80-79-86(3,4)5)83(87)77-75-73-71-69-67-65-63-61-59-57-55-53-51-49-37-35-33-31-29-27-25-23-21-19-17-15-13-11-9-7-2/h18,20,24,26,82-83,87H,6-17,19,21-23,25,27-81H2,1-5H3,(H-,85,88,89,90)/b20-18-,26-24-. The maximum Gasteiger partial charge on any atom is 0.268 e. The zero-order valence-corrected chi connectivity index (χ0v) is 64.7. The second-order valence-corrected chi connectivity index (χ2v) is 32.0. The molecule has 0 saturated carbocycles. The number of hydrogen-bond acceptors (Lipinski definition) is 6. The first-order chi connectivity index (χ1) is 45.5. The molecule has 0 radical (unpaired) electrons. The van der Waals surface area contributed by atoms with Crippen molar-refractivity contribution in [1.82, 2.24) is 5.32 Å². The van der Waals surface area contributed by atoms with Gasteiger partial charge in [-0.25, -0.2) is 0 Å². The Morgan fingerprint density at radius 1 is 0.376 bits per heavy atom. The second kappa shape index (κ2) is 75.2. The van der Waals surface area contributed by atoms with E-state index in [1.54, 1.807) is 0 Å². The van der Waals surface area contributed by atoms with Crippen LogP contribution in [-0.2, 0) is 18.4 Å². The van der Waals surface area contributed by atoms with Crippen LogP contribution >= 0.6 is 7.82 Å². The van der Waals surface area contributed by atoms with Gasteiger partial charge in [-0.05, 0) is 44.9 Å². The van der Waals surface area contributed by atoms with Gasteiger partial charge in [0, 0.05) is 6.42 Å². The van der Waals surface area contributed by atoms with Crippen molar-refractivity contribution in [2.75, 3.05) is 40.9 Å². The van der Waals surface area contributed by atoms with Gasteiger partial charge in [0.2, 0.25) is 5.91 Å². The summed E-state index contributed by atoms with van der Waals surface area (Å²) in [4.78, 5) is 25.8. The molecule has 0 aromatic rings. The third-order valence-corrected chi connectivity index (χ3v) is 20.9. The lowest BCUT2D eigenvalue weighted by Crippen LogP contribution is -2.46. The molecular formula is C84H167N2O6P. The molecule has 9 heteroatoms. The van der Waals surface area contributed by atoms with E-state index in [0.29, 0.717) is 23.9 Å². The Balaban J connectivity index is 3.85. The van der Waals surface area contributed by atoms with Crippen LogP contribution in [0.15, 0.2) is 24.3 Å². The summed E-state index contributed by atoms with van der Waals surface area (Å²) in [6, 6.07) is -0.800. The molecule has 93 heavy (non-hydrogen) atoms. The van der Waals surface area contributed by atoms with Gasteiger partial charge in [-0.1, -0.05) is 430 Å². The SMILES string of the molecule is CCCCCCC/C=C\C/C=C\CCCCCCCCCCCCCCCCCCCCCCCCCCCCCCCC(=O)NC(COP(=O)([O-])OCC[N+](C)(C)C)C(O)CCCCCCCCCCCCCCCCCCCCCCCCCCCCCCCC. The van der Waals surface area contributed by atoms with Crippen molar-refractivity contribution in [3.63, 3.8) is 0 Å². The van der Waals surface area contributed by atoms with Crippen molar-refractivity contribution in [2.45, 2.75) is 469 Å². The molecule has 0 aliphatic heterocycles. The van der Waals surface area contributed by atoms with E-state index in [1.807, 2.05) is 21.1 Å². The number of aliphatic hydroxyl groups excluding tert-OH is 1. The zero-order chi connectivity index (χ0) is 67.6. The number of rotatable bonds is 80. The molecule has 1 amide bonds. The summed E-state index contributed by atoms with van der Waals surface area (Å²) in [5, 5.41) is 14.2. The van der Waals surface area contributed by atoms with E-state index in [1.165, 1.54) is 385 Å². The zero-order valence-electron chi connectivity index (χ0n) is 63.8. The molecule has 0 bridgehead atoms. The fourth-order valence-corrected chi connectivity index (χ4v) is 14.2. The fourth-order valence-electron chi connectivity index (χ4n) is 13.4. The number of carbonyl (C=O) groups excluding carboxylic acids is 1. The first-order valence-electron chi connectivity index (χ1n) is 42.2. The van der Waals surface area contributed by atoms with Gasteiger partial charge in [0.15, 0.2) is 0 Å². The summed E-state index contributed by atoms with van der Waals surface area (Å²) < 4.78 is 23.6. The van der Waals surface area contributed by atoms with Crippen LogP contribution in [0, 0.1) is 0 Å². The van der Waals surface area contributed by atoms with Crippen molar-refractivity contribution in [3.05, 3.63) is 24.3 Å². The lowest BCUT2D eigenvalue weighted by atomic mass is 10.0. The number of amides is 1. The van der Waals surface area contributed by atoms with Crippen LogP contribution in [0.1, 0.15) is 457 Å². The summed E-state index contributed by atoms with van der Waals surface area (Å²) in [7, 11) is 1.33. The smallest absolute Gasteiger partial charge is 0.268 e. The van der Waals surface area contributed by atoms with E-state index in [-0.39, 0.29) is 19.1 Å². The number of hydrogen-bond donors (Lipinski definition) is 2. The van der Waals surface area contributed by atoms with Crippen LogP contribution in [0.25, 0.3) is 0 Å². The number of nitrogens with one attached hydrogen (secondary N) is 1. The Morgan fingerprint density at radius 3 is 0.892 bits per heavy atom. The van der Waals surface area contributed by atoms with Gasteiger partial charge in [-0.3, -0.25) is 9.36 Å². The van der Waals surface area contributed by atoms with Crippen molar-refractivity contribution >= 4 is 13.7 Å². The van der Waals surface area contributed by atoms with Gasteiger partial charge < -0.3 is 28.8 Å². The number of phosphoric ester groups is 1. The van der Waals surface area contributed by atoms with E-state index < -0.39 is 20.0 Å². The Bertz CT molecular complexity index is 1570. The van der Waals surface area contributed by atoms with Gasteiger partial charge in [0.1, 0.15) is 13.2 Å². The highest BCUT2D eigenvalue weighted by Crippen LogP contribution is 2.38. The average Bonchev–Trinajstić information content (AvgIpc) is 2.75. The van der Waals surface area contributed by atoms with Crippen LogP contribution in [0.2, 0.25) is 0 Å². The highest BCUT2D eigenvalue weighted by atomic mass is 31.2. The molecule has 2 N–H and O–H groups in total. The monoisotopic (exact) mass is 1330 g/mol. The Labute approximate surface area is 583 Å². The predicted octanol–water partition coefficient (Wildman–Crippen LogP) is 27.1. The van der Waals surface area contributed by atoms with Gasteiger partial charge in [0.25, 0.3) is 7.82 Å². The minimum absolute atomic E-state index is 0.0161. The lowest BCUT2D eigenvalue weighted by molar-refractivity contribution is -0.870. The summed E-state index contributed by atoms with van der Waals surface area (Å²) in [5.41, 5.74) is 0. The average molecular weight is 1330 g/mol. The van der Waals surface area contributed by atoms with Gasteiger partial charge >= 0.3 is 0 Å². The van der Waals surface area contributed by atoms with E-state index in [9.17, 15) is 19.4 Å². The van der Waals surface area contributed by atoms with E-state index in [4.69, 9.17) is 9.05 Å². The molecule has 0 aromatic carbocycles. The summed E-state index contributed by atoms with van der Waals surface area (Å²) >= 11 is 0. The van der Waals surface area contributed by atoms with E-state index in [0.717, 1.165) is 44.9 Å². The molecule has 0 aromatic heterocycles. The number of carbonyl (C=O) groups is 1. The molecule has 0 fully saturated rings. The van der Waals surface area contributed by atoms with Crippen molar-refractivity contribution in [1.29, 1.82) is 0 Å². The molecule has 3 atom stereocenters. The van der Waals surface area contributed by atoms with Gasteiger partial charge in [-0.15, -0.1) is 0 Å². The number of quaternary nitrogens is 1. The van der Waals surface area contributed by atoms with Crippen molar-refractivity contribution < 1.29 is 32.9 Å². The quantitative estimate of drug-likeness (QED) is 0.0272. The lowest BCUT2D eigenvalue weighted by Gasteiger charge is -2.30. The Hall–Kier alpha value is -1.02. The number of phosphoric acid groups is 1. The topological polar surface area (TPSA) is 108 Å². The van der Waals surface area contributed by atoms with Crippen LogP contribution in [0.5, 0.6) is 0 Å². The second-order valence-electron chi connectivity index (χ2n) is 30.5. The van der Waals surface area contributed by atoms with Crippen molar-refractivity contribution in [3.8, 4) is 0 Å². The minimum Gasteiger partial charge on any atom is -0.756 e. The first-order valence-corrected chi connectivity index (χ1v) is 43.6. The molecular weight excluding hydrogens is 1160 g/mol. The van der Waals surface area contributed by atoms with Crippen molar-refractivity contribution in [2.24, 2.45) is 0 Å². The first kappa shape index (κ1) is 92.0. The normalized spacial score (nSPS) is 13.5. The highest BCUT2D eigenvalue weighted by Gasteiger charge is 2.24. The summed E-state index contributed by atoms with van der Waals surface area (Å²) in [5.74, 6) is -0.153. The maximum atomic E-state index is 13.1. The third kappa shape index (κ3) is 78.2. The van der Waals surface area contributed by atoms with Gasteiger partial charge in [0.05, 0.1) is 39.9 Å². The molecule has 3 unspecified atom stereocenters. The number of nitrogens with zero attached hydrogens (tertiary/aromatic N) is 1. The summed E-state index contributed by atoms with van der Waals surface area (Å²) in [6.07, 6.45) is 100. The highest BCUT2D eigenvalue weighted by molar-refractivity contribution is 7.45. The molecule has 0 spiro atoms. The Kier molecular flexibility index (Phi) is 74.4. The number of likely N-dealkylation sites (N-methyl/N-ethyl adjacent to an activating group) is 1. The third-order valence-electron chi connectivity index (χ3n) is 19.9.